The van der Waals surface area contributed by atoms with E-state index in [0.717, 1.165) is 70.6 Å². The highest BCUT2D eigenvalue weighted by molar-refractivity contribution is 5.69. The molecule has 184 valence electrons. The molecule has 0 aliphatic heterocycles. The molecule has 1 saturated carbocycles. The van der Waals surface area contributed by atoms with Crippen LogP contribution in [-0.4, -0.2) is 29.3 Å². The summed E-state index contributed by atoms with van der Waals surface area (Å²) >= 11 is 0. The smallest absolute Gasteiger partial charge is 0.372 e. The van der Waals surface area contributed by atoms with E-state index < -0.39 is 0 Å². The third-order valence-electron chi connectivity index (χ3n) is 6.15. The van der Waals surface area contributed by atoms with Crippen molar-refractivity contribution in [3.63, 3.8) is 0 Å². The van der Waals surface area contributed by atoms with Gasteiger partial charge in [-0.05, 0) is 25.7 Å². The van der Waals surface area contributed by atoms with E-state index in [2.05, 4.69) is 20.8 Å². The Morgan fingerprint density at radius 3 is 1.55 bits per heavy atom. The minimum atomic E-state index is -0.224. The van der Waals surface area contributed by atoms with Crippen LogP contribution < -0.4 is 12.4 Å². The molecule has 0 saturated heterocycles. The minimum Gasteiger partial charge on any atom is -1.00 e. The highest BCUT2D eigenvalue weighted by Crippen LogP contribution is 2.31. The van der Waals surface area contributed by atoms with Crippen molar-refractivity contribution >= 4 is 11.9 Å². The van der Waals surface area contributed by atoms with Gasteiger partial charge in [0, 0.05) is 24.1 Å². The van der Waals surface area contributed by atoms with E-state index in [-0.39, 0.29) is 35.2 Å². The Bertz CT molecular complexity index is 438. The summed E-state index contributed by atoms with van der Waals surface area (Å²) in [6, 6.07) is 0.0757. The van der Waals surface area contributed by atoms with Crippen molar-refractivity contribution in [2.24, 2.45) is 0 Å². The zero-order chi connectivity index (χ0) is 22.1. The summed E-state index contributed by atoms with van der Waals surface area (Å²) in [5, 5.41) is 0. The fourth-order valence-electron chi connectivity index (χ4n) is 4.41. The first-order chi connectivity index (χ1) is 14.6. The monoisotopic (exact) mass is 461 g/mol. The SMILES string of the molecule is CCCCCCCC(=O)O[N+](CCC)(OC(=O)CCCCCCC)C1CCCCC1.[Cl-]. The Hall–Kier alpha value is -0.810. The number of halogens is 1. The van der Waals surface area contributed by atoms with E-state index >= 15 is 0 Å². The van der Waals surface area contributed by atoms with E-state index in [1.165, 1.54) is 32.1 Å². The number of quaternary nitrogens is 1. The Morgan fingerprint density at radius 2 is 1.13 bits per heavy atom. The molecule has 0 heterocycles. The Kier molecular flexibility index (Phi) is 18.2. The highest BCUT2D eigenvalue weighted by atomic mass is 35.5. The molecule has 1 aliphatic rings. The van der Waals surface area contributed by atoms with Crippen LogP contribution in [0.25, 0.3) is 0 Å². The van der Waals surface area contributed by atoms with Crippen LogP contribution in [0.4, 0.5) is 0 Å². The van der Waals surface area contributed by atoms with Gasteiger partial charge in [-0.3, -0.25) is 0 Å². The predicted molar refractivity (Wildman–Crippen MR) is 121 cm³/mol. The third-order valence-corrected chi connectivity index (χ3v) is 6.15. The molecule has 0 N–H and O–H groups in total. The average Bonchev–Trinajstić information content (AvgIpc) is 2.74. The third kappa shape index (κ3) is 12.7. The number of rotatable bonds is 17. The molecule has 0 aromatic rings. The number of nitrogens with zero attached hydrogens (tertiary/aromatic N) is 1. The van der Waals surface area contributed by atoms with Crippen molar-refractivity contribution < 1.29 is 36.5 Å². The van der Waals surface area contributed by atoms with Crippen LogP contribution in [0.15, 0.2) is 0 Å². The fraction of sp³-hybridized carbons (Fsp3) is 0.920. The lowest BCUT2D eigenvalue weighted by Gasteiger charge is -2.38. The van der Waals surface area contributed by atoms with Crippen molar-refractivity contribution in [3.8, 4) is 0 Å². The molecule has 0 aromatic carbocycles. The maximum atomic E-state index is 12.7. The first kappa shape index (κ1) is 30.2. The van der Waals surface area contributed by atoms with Gasteiger partial charge in [0.15, 0.2) is 12.6 Å². The number of hydrogen-bond acceptors (Lipinski definition) is 4. The predicted octanol–water partition coefficient (Wildman–Crippen LogP) is 4.19. The molecule has 0 bridgehead atoms. The van der Waals surface area contributed by atoms with Crippen LogP contribution in [0.1, 0.15) is 136 Å². The fourth-order valence-corrected chi connectivity index (χ4v) is 4.41. The second kappa shape index (κ2) is 18.7. The molecule has 0 amide bonds. The molecule has 0 radical (unpaired) electrons. The Labute approximate surface area is 197 Å². The summed E-state index contributed by atoms with van der Waals surface area (Å²) < 4.78 is 0. The number of carbonyl (C=O) groups excluding carboxylic acids is 2. The second-order valence-electron chi connectivity index (χ2n) is 9.00. The van der Waals surface area contributed by atoms with Crippen LogP contribution in [0, 0.1) is 0 Å². The lowest BCUT2D eigenvalue weighted by Crippen LogP contribution is -3.00. The van der Waals surface area contributed by atoms with E-state index in [9.17, 15) is 9.59 Å². The average molecular weight is 462 g/mol. The van der Waals surface area contributed by atoms with Gasteiger partial charge in [-0.2, -0.15) is 0 Å². The van der Waals surface area contributed by atoms with Crippen LogP contribution in [0.2, 0.25) is 0 Å². The normalized spacial score (nSPS) is 14.7. The number of hydroxylamine groups is 4. The van der Waals surface area contributed by atoms with Crippen molar-refractivity contribution in [1.82, 2.24) is 0 Å². The van der Waals surface area contributed by atoms with Crippen LogP contribution in [-0.2, 0) is 19.3 Å². The van der Waals surface area contributed by atoms with E-state index in [4.69, 9.17) is 9.68 Å². The second-order valence-corrected chi connectivity index (χ2v) is 9.00. The van der Waals surface area contributed by atoms with Gasteiger partial charge in [0.05, 0.1) is 12.8 Å². The summed E-state index contributed by atoms with van der Waals surface area (Å²) in [5.41, 5.74) is 0. The van der Waals surface area contributed by atoms with Gasteiger partial charge in [-0.15, -0.1) is 0 Å². The van der Waals surface area contributed by atoms with Crippen molar-refractivity contribution in [1.29, 1.82) is 0 Å². The summed E-state index contributed by atoms with van der Waals surface area (Å²) in [6.07, 6.45) is 17.9. The summed E-state index contributed by atoms with van der Waals surface area (Å²) in [5.74, 6) is -0.442. The summed E-state index contributed by atoms with van der Waals surface area (Å²) in [4.78, 5) is 37.2. The largest absolute Gasteiger partial charge is 1.00 e. The van der Waals surface area contributed by atoms with Crippen molar-refractivity contribution in [2.75, 3.05) is 6.54 Å². The Morgan fingerprint density at radius 1 is 0.677 bits per heavy atom. The lowest BCUT2D eigenvalue weighted by atomic mass is 9.95. The highest BCUT2D eigenvalue weighted by Gasteiger charge is 2.47. The summed E-state index contributed by atoms with van der Waals surface area (Å²) in [6.45, 7) is 6.99. The number of carbonyl (C=O) groups is 2. The first-order valence-electron chi connectivity index (χ1n) is 12.9. The van der Waals surface area contributed by atoms with Gasteiger partial charge >= 0.3 is 11.9 Å². The zero-order valence-corrected chi connectivity index (χ0v) is 21.2. The van der Waals surface area contributed by atoms with Gasteiger partial charge in [0.1, 0.15) is 0 Å². The van der Waals surface area contributed by atoms with E-state index in [1.807, 2.05) is 0 Å². The molecule has 0 spiro atoms. The zero-order valence-electron chi connectivity index (χ0n) is 20.5. The molecular weight excluding hydrogens is 414 g/mol. The topological polar surface area (TPSA) is 52.6 Å². The van der Waals surface area contributed by atoms with Crippen molar-refractivity contribution in [2.45, 2.75) is 142 Å². The van der Waals surface area contributed by atoms with Crippen LogP contribution in [0.3, 0.4) is 0 Å². The van der Waals surface area contributed by atoms with Crippen molar-refractivity contribution in [3.05, 3.63) is 0 Å². The molecule has 0 unspecified atom stereocenters. The van der Waals surface area contributed by atoms with E-state index in [1.54, 1.807) is 0 Å². The van der Waals surface area contributed by atoms with Gasteiger partial charge in [-0.25, -0.2) is 19.3 Å². The number of hydrogen-bond donors (Lipinski definition) is 0. The Balaban J connectivity index is 0.00000900. The van der Waals surface area contributed by atoms with Gasteiger partial charge in [0.2, 0.25) is 0 Å². The summed E-state index contributed by atoms with van der Waals surface area (Å²) in [7, 11) is 0. The van der Waals surface area contributed by atoms with Crippen LogP contribution in [0.5, 0.6) is 0 Å². The molecule has 31 heavy (non-hydrogen) atoms. The molecule has 1 rings (SSSR count). The first-order valence-corrected chi connectivity index (χ1v) is 12.9. The maximum Gasteiger partial charge on any atom is 0.372 e. The molecule has 0 aromatic heterocycles. The molecule has 5 nitrogen and oxygen atoms in total. The standard InChI is InChI=1S/C25H48NO4.ClH/c1-4-7-9-11-16-20-24(27)29-26(22-6-3,23-18-14-13-15-19-23)30-25(28)21-17-12-10-8-5-2;/h23H,4-22H2,1-3H3;1H/q+1;/p-1. The van der Waals surface area contributed by atoms with Gasteiger partial charge in [-0.1, -0.05) is 78.6 Å². The molecule has 1 fully saturated rings. The van der Waals surface area contributed by atoms with E-state index in [0.29, 0.717) is 19.4 Å². The number of unbranched alkanes of at least 4 members (excludes halogenated alkanes) is 8. The van der Waals surface area contributed by atoms with Gasteiger partial charge in [0.25, 0.3) is 0 Å². The molecule has 0 atom stereocenters. The quantitative estimate of drug-likeness (QED) is 0.185. The lowest BCUT2D eigenvalue weighted by molar-refractivity contribution is -1.24. The minimum absolute atomic E-state index is 0. The molecular formula is C25H48ClNO4. The molecule has 1 aliphatic carbocycles. The molecule has 6 heteroatoms. The van der Waals surface area contributed by atoms with Crippen LogP contribution >= 0.6 is 0 Å². The van der Waals surface area contributed by atoms with Gasteiger partial charge < -0.3 is 12.4 Å². The maximum absolute atomic E-state index is 12.7.